The Morgan fingerprint density at radius 2 is 2.22 bits per heavy atom. The molecule has 0 saturated carbocycles. The maximum Gasteiger partial charge on any atom is 0.266 e. The fourth-order valence-corrected chi connectivity index (χ4v) is 3.38. The van der Waals surface area contributed by atoms with Gasteiger partial charge in [0.05, 0.1) is 6.04 Å². The number of carbonyl (C=O) groups excluding carboxylic acids is 1. The maximum absolute atomic E-state index is 12.5. The summed E-state index contributed by atoms with van der Waals surface area (Å²) in [6.07, 6.45) is 0.924. The Hall–Kier alpha value is -2.95. The highest BCUT2D eigenvalue weighted by Crippen LogP contribution is 2.23. The fraction of sp³-hybridized carbons (Fsp3) is 0.350. The maximum atomic E-state index is 12.5. The van der Waals surface area contributed by atoms with E-state index in [1.54, 1.807) is 11.0 Å². The first-order valence-corrected chi connectivity index (χ1v) is 8.91. The molecular weight excluding hydrogens is 344 g/mol. The number of H-pyrrole nitrogens is 1. The van der Waals surface area contributed by atoms with Gasteiger partial charge in [-0.15, -0.1) is 0 Å². The Bertz CT molecular complexity index is 956. The first-order chi connectivity index (χ1) is 13.1. The van der Waals surface area contributed by atoms with E-state index in [2.05, 4.69) is 16.9 Å². The summed E-state index contributed by atoms with van der Waals surface area (Å²) in [7, 11) is 0. The number of nitrogens with zero attached hydrogens (tertiary/aromatic N) is 2. The number of carbonyl (C=O) groups is 1. The van der Waals surface area contributed by atoms with Crippen molar-refractivity contribution in [2.75, 3.05) is 19.7 Å². The molecular formula is C20H22N4O3. The molecule has 1 saturated heterocycles. The average molecular weight is 366 g/mol. The number of hydrogen-bond acceptors (Lipinski definition) is 5. The van der Waals surface area contributed by atoms with Crippen molar-refractivity contribution in [1.29, 1.82) is 5.26 Å². The highest BCUT2D eigenvalue weighted by Gasteiger charge is 2.34. The summed E-state index contributed by atoms with van der Waals surface area (Å²) in [4.78, 5) is 29.3. The lowest BCUT2D eigenvalue weighted by molar-refractivity contribution is -0.148. The number of nitriles is 1. The number of amides is 1. The molecule has 1 aliphatic heterocycles. The molecule has 0 spiro atoms. The van der Waals surface area contributed by atoms with Gasteiger partial charge in [-0.25, -0.2) is 0 Å². The molecule has 1 aromatic carbocycles. The second kappa shape index (κ2) is 8.16. The van der Waals surface area contributed by atoms with Gasteiger partial charge in [0.15, 0.2) is 0 Å². The number of pyridine rings is 1. The summed E-state index contributed by atoms with van der Waals surface area (Å²) >= 11 is 0. The van der Waals surface area contributed by atoms with Crippen LogP contribution in [-0.2, 0) is 16.0 Å². The van der Waals surface area contributed by atoms with Crippen LogP contribution < -0.4 is 10.9 Å². The Morgan fingerprint density at radius 3 is 2.81 bits per heavy atom. The van der Waals surface area contributed by atoms with Gasteiger partial charge in [-0.2, -0.15) is 5.26 Å². The third-order valence-corrected chi connectivity index (χ3v) is 4.77. The lowest BCUT2D eigenvalue weighted by atomic mass is 9.98. The van der Waals surface area contributed by atoms with Crippen molar-refractivity contribution in [2.45, 2.75) is 25.6 Å². The number of para-hydroxylation sites is 1. The van der Waals surface area contributed by atoms with Gasteiger partial charge in [-0.1, -0.05) is 24.8 Å². The highest BCUT2D eigenvalue weighted by molar-refractivity contribution is 5.88. The number of fused-ring (bicyclic) bond motifs is 1. The van der Waals surface area contributed by atoms with Crippen molar-refractivity contribution in [1.82, 2.24) is 15.2 Å². The van der Waals surface area contributed by atoms with E-state index in [-0.39, 0.29) is 23.9 Å². The molecule has 1 fully saturated rings. The zero-order chi connectivity index (χ0) is 19.4. The van der Waals surface area contributed by atoms with Gasteiger partial charge in [0.25, 0.3) is 5.56 Å². The number of rotatable bonds is 7. The molecule has 1 aliphatic rings. The predicted octanol–water partition coefficient (Wildman–Crippen LogP) is 1.29. The van der Waals surface area contributed by atoms with Crippen molar-refractivity contribution >= 4 is 16.8 Å². The monoisotopic (exact) mass is 366 g/mol. The van der Waals surface area contributed by atoms with Gasteiger partial charge in [0, 0.05) is 37.0 Å². The highest BCUT2D eigenvalue weighted by atomic mass is 16.5. The van der Waals surface area contributed by atoms with E-state index in [1.807, 2.05) is 31.2 Å². The molecule has 2 N–H and O–H groups in total. The summed E-state index contributed by atoms with van der Waals surface area (Å²) in [5.41, 5.74) is 0.854. The number of aromatic nitrogens is 1. The minimum absolute atomic E-state index is 0.00848. The standard InChI is InChI=1S/C20H22N4O3/c1-3-18(25)24(13-11-22-12-13)19(27-4-2)9-15-14-7-5-6-8-17(14)23-20(26)16(15)10-21/h3,5-8,13,19,22H,1,4,9,11-12H2,2H3,(H,23,26). The van der Waals surface area contributed by atoms with Crippen LogP contribution in [0.1, 0.15) is 18.1 Å². The zero-order valence-electron chi connectivity index (χ0n) is 15.2. The van der Waals surface area contributed by atoms with Crippen LogP contribution >= 0.6 is 0 Å². The molecule has 27 heavy (non-hydrogen) atoms. The minimum Gasteiger partial charge on any atom is -0.358 e. The molecule has 2 heterocycles. The first-order valence-electron chi connectivity index (χ1n) is 8.91. The Labute approximate surface area is 157 Å². The van der Waals surface area contributed by atoms with Crippen molar-refractivity contribution in [3.8, 4) is 6.07 Å². The van der Waals surface area contributed by atoms with E-state index in [0.29, 0.717) is 30.8 Å². The summed E-state index contributed by atoms with van der Waals surface area (Å²) in [6, 6.07) is 9.32. The van der Waals surface area contributed by atoms with Crippen LogP contribution in [0.4, 0.5) is 0 Å². The molecule has 3 rings (SSSR count). The lowest BCUT2D eigenvalue weighted by Crippen LogP contribution is -2.62. The van der Waals surface area contributed by atoms with E-state index in [9.17, 15) is 14.9 Å². The molecule has 2 aromatic rings. The van der Waals surface area contributed by atoms with Crippen LogP contribution in [-0.4, -0.2) is 47.8 Å². The topological polar surface area (TPSA) is 98.2 Å². The van der Waals surface area contributed by atoms with Crippen LogP contribution in [0.25, 0.3) is 10.9 Å². The number of aromatic amines is 1. The quantitative estimate of drug-likeness (QED) is 0.568. The van der Waals surface area contributed by atoms with Crippen LogP contribution in [0.5, 0.6) is 0 Å². The minimum atomic E-state index is -0.593. The molecule has 1 atom stereocenters. The summed E-state index contributed by atoms with van der Waals surface area (Å²) in [5, 5.41) is 13.5. The largest absolute Gasteiger partial charge is 0.358 e. The van der Waals surface area contributed by atoms with Crippen molar-refractivity contribution in [3.05, 3.63) is 58.4 Å². The van der Waals surface area contributed by atoms with E-state index in [1.165, 1.54) is 6.08 Å². The average Bonchev–Trinajstić information content (AvgIpc) is 2.63. The molecule has 1 aromatic heterocycles. The van der Waals surface area contributed by atoms with Gasteiger partial charge in [0.2, 0.25) is 5.91 Å². The van der Waals surface area contributed by atoms with E-state index in [0.717, 1.165) is 5.39 Å². The Kier molecular flexibility index (Phi) is 5.69. The number of benzene rings is 1. The van der Waals surface area contributed by atoms with Crippen LogP contribution in [0.15, 0.2) is 41.7 Å². The summed E-state index contributed by atoms with van der Waals surface area (Å²) in [6.45, 7) is 7.19. The van der Waals surface area contributed by atoms with Gasteiger partial charge in [0.1, 0.15) is 17.9 Å². The molecule has 140 valence electrons. The number of nitrogens with one attached hydrogen (secondary N) is 2. The van der Waals surface area contributed by atoms with E-state index >= 15 is 0 Å². The summed E-state index contributed by atoms with van der Waals surface area (Å²) in [5.74, 6) is -0.229. The normalized spacial score (nSPS) is 15.0. The fourth-order valence-electron chi connectivity index (χ4n) is 3.38. The second-order valence-electron chi connectivity index (χ2n) is 6.34. The molecule has 0 radical (unpaired) electrons. The lowest BCUT2D eigenvalue weighted by Gasteiger charge is -2.42. The van der Waals surface area contributed by atoms with Gasteiger partial charge >= 0.3 is 0 Å². The zero-order valence-corrected chi connectivity index (χ0v) is 15.2. The molecule has 0 bridgehead atoms. The van der Waals surface area contributed by atoms with Crippen LogP contribution in [0.3, 0.4) is 0 Å². The van der Waals surface area contributed by atoms with Gasteiger partial charge < -0.3 is 19.9 Å². The van der Waals surface area contributed by atoms with Crippen LogP contribution in [0.2, 0.25) is 0 Å². The molecule has 0 aliphatic carbocycles. The third-order valence-electron chi connectivity index (χ3n) is 4.77. The van der Waals surface area contributed by atoms with Crippen molar-refractivity contribution in [2.24, 2.45) is 0 Å². The smallest absolute Gasteiger partial charge is 0.266 e. The van der Waals surface area contributed by atoms with Gasteiger partial charge in [-0.05, 0) is 24.6 Å². The SMILES string of the molecule is C=CC(=O)N(C1CNC1)C(Cc1c(C#N)c(=O)[nH]c2ccccc12)OCC. The first kappa shape index (κ1) is 18.8. The van der Waals surface area contributed by atoms with E-state index < -0.39 is 11.8 Å². The van der Waals surface area contributed by atoms with E-state index in [4.69, 9.17) is 4.74 Å². The van der Waals surface area contributed by atoms with Crippen molar-refractivity contribution in [3.63, 3.8) is 0 Å². The van der Waals surface area contributed by atoms with Gasteiger partial charge in [-0.3, -0.25) is 9.59 Å². The molecule has 1 unspecified atom stereocenters. The Balaban J connectivity index is 2.09. The summed E-state index contributed by atoms with van der Waals surface area (Å²) < 4.78 is 5.88. The molecule has 1 amide bonds. The molecule has 7 nitrogen and oxygen atoms in total. The number of hydrogen-bond donors (Lipinski definition) is 2. The molecule has 7 heteroatoms. The third kappa shape index (κ3) is 3.63. The second-order valence-corrected chi connectivity index (χ2v) is 6.34. The van der Waals surface area contributed by atoms with Crippen molar-refractivity contribution < 1.29 is 9.53 Å². The Morgan fingerprint density at radius 1 is 1.48 bits per heavy atom. The number of ether oxygens (including phenoxy) is 1. The predicted molar refractivity (Wildman–Crippen MR) is 102 cm³/mol. The van der Waals surface area contributed by atoms with Crippen LogP contribution in [0, 0.1) is 11.3 Å².